The summed E-state index contributed by atoms with van der Waals surface area (Å²) >= 11 is 0. The lowest BCUT2D eigenvalue weighted by Crippen LogP contribution is -2.68. The number of aromatic amines is 1. The van der Waals surface area contributed by atoms with E-state index in [2.05, 4.69) is 77.8 Å². The average Bonchev–Trinajstić information content (AvgIpc) is 3.83. The molecule has 1 spiro atoms. The lowest BCUT2D eigenvalue weighted by molar-refractivity contribution is -0.384. The first-order valence-corrected chi connectivity index (χ1v) is 28.1. The smallest absolute Gasteiger partial charge is 0.293 e. The molecule has 1 atom stereocenters. The zero-order valence-electron chi connectivity index (χ0n) is 44.1. The fourth-order valence-corrected chi connectivity index (χ4v) is 13.1. The van der Waals surface area contributed by atoms with Crippen molar-refractivity contribution >= 4 is 44.0 Å². The topological polar surface area (TPSA) is 218 Å². The molecular weight excluding hydrogens is 1010 g/mol. The van der Waals surface area contributed by atoms with E-state index < -0.39 is 48.5 Å². The molecule has 2 aliphatic carbocycles. The zero-order chi connectivity index (χ0) is 54.0. The van der Waals surface area contributed by atoms with Crippen LogP contribution >= 0.6 is 0 Å². The summed E-state index contributed by atoms with van der Waals surface area (Å²) in [7, 11) is -4.65. The molecule has 406 valence electrons. The summed E-state index contributed by atoms with van der Waals surface area (Å²) in [6.07, 6.45) is 9.10. The van der Waals surface area contributed by atoms with Gasteiger partial charge in [-0.15, -0.1) is 0 Å². The Balaban J connectivity index is 0.795. The summed E-state index contributed by atoms with van der Waals surface area (Å²) in [6.45, 7) is 16.0. The highest BCUT2D eigenvalue weighted by molar-refractivity contribution is 7.90. The summed E-state index contributed by atoms with van der Waals surface area (Å²) in [5, 5.41) is 25.9. The van der Waals surface area contributed by atoms with Gasteiger partial charge in [0.05, 0.1) is 32.6 Å². The monoisotopic (exact) mass is 1070 g/mol. The Bertz CT molecular complexity index is 3340. The molecular formula is C57H66FN9O9S. The number of hydrogen-bond acceptors (Lipinski definition) is 15. The first kappa shape index (κ1) is 52.2. The van der Waals surface area contributed by atoms with Crippen molar-refractivity contribution < 1.29 is 41.8 Å². The molecule has 4 fully saturated rings. The maximum Gasteiger partial charge on any atom is 0.293 e. The first-order valence-electron chi connectivity index (χ1n) is 26.6. The van der Waals surface area contributed by atoms with Gasteiger partial charge < -0.3 is 34.5 Å². The second-order valence-electron chi connectivity index (χ2n) is 23.1. The maximum atomic E-state index is 14.7. The normalized spacial score (nSPS) is 22.4. The van der Waals surface area contributed by atoms with Crippen molar-refractivity contribution in [1.29, 1.82) is 0 Å². The van der Waals surface area contributed by atoms with Gasteiger partial charge >= 0.3 is 0 Å². The summed E-state index contributed by atoms with van der Waals surface area (Å²) in [6, 6.07) is 21.2. The number of ether oxygens (including phenoxy) is 3. The van der Waals surface area contributed by atoms with E-state index in [1.54, 1.807) is 25.3 Å². The van der Waals surface area contributed by atoms with Gasteiger partial charge in [-0.3, -0.25) is 24.7 Å². The van der Waals surface area contributed by atoms with Gasteiger partial charge in [-0.2, -0.15) is 0 Å². The molecule has 2 saturated carbocycles. The lowest BCUT2D eigenvalue weighted by atomic mass is 9.59. The molecule has 0 bridgehead atoms. The molecule has 77 heavy (non-hydrogen) atoms. The van der Waals surface area contributed by atoms with E-state index >= 15 is 0 Å². The van der Waals surface area contributed by atoms with E-state index in [0.29, 0.717) is 56.0 Å². The molecule has 3 aromatic carbocycles. The van der Waals surface area contributed by atoms with E-state index in [4.69, 9.17) is 14.2 Å². The van der Waals surface area contributed by atoms with E-state index in [9.17, 15) is 32.8 Å². The summed E-state index contributed by atoms with van der Waals surface area (Å²) in [5.74, 6) is 0.335. The van der Waals surface area contributed by atoms with Crippen LogP contribution in [0, 0.1) is 27.3 Å². The molecule has 5 aliphatic rings. The Morgan fingerprint density at radius 3 is 2.57 bits per heavy atom. The van der Waals surface area contributed by atoms with Crippen LogP contribution < -0.4 is 29.1 Å². The van der Waals surface area contributed by atoms with Crippen LogP contribution in [-0.2, 0) is 16.6 Å². The largest absolute Gasteiger partial charge is 0.483 e. The quantitative estimate of drug-likeness (QED) is 0.0556. The van der Waals surface area contributed by atoms with Crippen LogP contribution in [-0.4, -0.2) is 112 Å². The number of amides is 1. The Hall–Kier alpha value is -6.87. The summed E-state index contributed by atoms with van der Waals surface area (Å²) in [4.78, 5) is 44.2. The lowest BCUT2D eigenvalue weighted by Gasteiger charge is -2.63. The molecule has 1 amide bonds. The molecule has 20 heteroatoms. The molecule has 6 aromatic rings. The number of halogens is 1. The highest BCUT2D eigenvalue weighted by Crippen LogP contribution is 2.54. The van der Waals surface area contributed by atoms with Gasteiger partial charge in [0.15, 0.2) is 5.75 Å². The van der Waals surface area contributed by atoms with Crippen molar-refractivity contribution in [3.63, 3.8) is 0 Å². The van der Waals surface area contributed by atoms with Crippen LogP contribution in [0.4, 0.5) is 21.5 Å². The van der Waals surface area contributed by atoms with Crippen molar-refractivity contribution in [2.45, 2.75) is 114 Å². The third-order valence-electron chi connectivity index (χ3n) is 16.4. The first-order chi connectivity index (χ1) is 36.7. The second-order valence-corrected chi connectivity index (χ2v) is 24.8. The number of aliphatic hydroxyl groups is 1. The number of piperazine rings is 1. The molecule has 0 radical (unpaired) electrons. The number of anilines is 2. The van der Waals surface area contributed by atoms with E-state index in [0.717, 1.165) is 81.5 Å². The van der Waals surface area contributed by atoms with Crippen LogP contribution in [0.15, 0.2) is 96.3 Å². The zero-order valence-corrected chi connectivity index (χ0v) is 44.9. The number of carbonyl (C=O) groups is 1. The number of nitrogens with zero attached hydrogens (tertiary/aromatic N) is 6. The number of nitro groups is 1. The molecule has 18 nitrogen and oxygen atoms in total. The van der Waals surface area contributed by atoms with Gasteiger partial charge in [0.1, 0.15) is 40.9 Å². The van der Waals surface area contributed by atoms with Crippen LogP contribution in [0.5, 0.6) is 23.1 Å². The molecule has 2 saturated heterocycles. The third-order valence-corrected chi connectivity index (χ3v) is 17.7. The predicted octanol–water partition coefficient (Wildman–Crippen LogP) is 9.47. The number of fused-ring (bicyclic) bond motifs is 2. The predicted molar refractivity (Wildman–Crippen MR) is 289 cm³/mol. The fraction of sp³-hybridized carbons (Fsp3) is 0.456. The number of H-pyrrole nitrogens is 1. The molecule has 3 aromatic heterocycles. The molecule has 3 aliphatic heterocycles. The summed E-state index contributed by atoms with van der Waals surface area (Å²) in [5.41, 5.74) is 3.25. The van der Waals surface area contributed by atoms with Gasteiger partial charge in [-0.05, 0) is 119 Å². The number of hydrogen-bond donors (Lipinski definition) is 4. The minimum absolute atomic E-state index is 0.00853. The summed E-state index contributed by atoms with van der Waals surface area (Å²) < 4.78 is 63.3. The fourth-order valence-electron chi connectivity index (χ4n) is 12.1. The number of pyridine rings is 2. The minimum atomic E-state index is -4.65. The van der Waals surface area contributed by atoms with Crippen LogP contribution in [0.25, 0.3) is 11.0 Å². The highest BCUT2D eigenvalue weighted by Gasteiger charge is 2.55. The van der Waals surface area contributed by atoms with Gasteiger partial charge in [-0.1, -0.05) is 38.1 Å². The van der Waals surface area contributed by atoms with E-state index in [1.165, 1.54) is 47.8 Å². The van der Waals surface area contributed by atoms with Crippen molar-refractivity contribution in [2.75, 3.05) is 56.1 Å². The van der Waals surface area contributed by atoms with Crippen LogP contribution in [0.1, 0.15) is 112 Å². The number of rotatable bonds is 15. The van der Waals surface area contributed by atoms with Crippen molar-refractivity contribution in [1.82, 2.24) is 29.5 Å². The van der Waals surface area contributed by atoms with E-state index in [1.807, 2.05) is 19.9 Å². The molecule has 4 N–H and O–H groups in total. The van der Waals surface area contributed by atoms with Crippen LogP contribution in [0.3, 0.4) is 0 Å². The molecule has 0 unspecified atom stereocenters. The Morgan fingerprint density at radius 2 is 1.81 bits per heavy atom. The minimum Gasteiger partial charge on any atom is -0.483 e. The Kier molecular flexibility index (Phi) is 13.7. The average molecular weight is 1070 g/mol. The highest BCUT2D eigenvalue weighted by atomic mass is 32.2. The van der Waals surface area contributed by atoms with Crippen LogP contribution in [0.2, 0.25) is 0 Å². The number of sulfonamides is 1. The Morgan fingerprint density at radius 1 is 1.03 bits per heavy atom. The van der Waals surface area contributed by atoms with Gasteiger partial charge in [0.25, 0.3) is 27.5 Å². The van der Waals surface area contributed by atoms with Gasteiger partial charge in [0.2, 0.25) is 0 Å². The molecule has 11 rings (SSSR count). The van der Waals surface area contributed by atoms with Crippen molar-refractivity contribution in [3.05, 3.63) is 130 Å². The number of benzene rings is 3. The van der Waals surface area contributed by atoms with Gasteiger partial charge in [-0.25, -0.2) is 27.5 Å². The van der Waals surface area contributed by atoms with Crippen molar-refractivity contribution in [2.24, 2.45) is 11.3 Å². The molecule has 6 heterocycles. The number of nitro benzene ring substituents is 1. The standard InChI is InChI=1S/C57H66FN9O9S/c1-35(2)42-8-6-7-9-43(42)49-31-64(30-37-16-19-59-54-51(37)74-34-55(3,4)76-54)20-21-66(49)39-25-57(26-39)32-65(33-57)38-10-12-44(50(22-38)75-40-23-45-46(58)29-62-52(45)61-28-40)53(68)63-77(72,73)41-11-13-47(48(24-41)67(70)71)60-27-36-14-17-56(5,69)18-15-36/h6-13,16,19,22-24,28-29,35-36,39,49,60,69H,14-15,17-18,20-21,25-27,30-34H2,1-5H3,(H,61,62)(H,63,68)/t36-,49-,56-/m0/s1. The maximum absolute atomic E-state index is 14.7. The van der Waals surface area contributed by atoms with Gasteiger partial charge in [0, 0.05) is 99.1 Å². The third kappa shape index (κ3) is 10.8. The van der Waals surface area contributed by atoms with E-state index in [-0.39, 0.29) is 45.5 Å². The Labute approximate surface area is 447 Å². The van der Waals surface area contributed by atoms with Crippen molar-refractivity contribution in [3.8, 4) is 23.1 Å². The number of aromatic nitrogens is 3. The number of carbonyl (C=O) groups excluding carboxylic acids is 1. The number of nitrogens with one attached hydrogen (secondary N) is 3. The SMILES string of the molecule is CC(C)c1ccccc1[C@@H]1CN(Cc2ccnc3c2OCC(C)(C)O3)CCN1C1CC2(C1)CN(c1ccc(C(=O)NS(=O)(=O)c3ccc(NC[C@H]4CC[C@](C)(O)CC4)c([N+](=O)[O-])c3)c(Oc3cnc4[nH]cc(F)c4c3)c1)C2. The second kappa shape index (κ2) is 20.2.